The summed E-state index contributed by atoms with van der Waals surface area (Å²) in [5, 5.41) is 0.635. The molecule has 0 spiro atoms. The quantitative estimate of drug-likeness (QED) is 0.881. The highest BCUT2D eigenvalue weighted by atomic mass is 32.1. The molecule has 3 heterocycles. The number of nitrogens with two attached hydrogens (primary N) is 1. The predicted octanol–water partition coefficient (Wildman–Crippen LogP) is 3.25. The van der Waals surface area contributed by atoms with Gasteiger partial charge >= 0.3 is 0 Å². The van der Waals surface area contributed by atoms with E-state index in [9.17, 15) is 4.79 Å². The van der Waals surface area contributed by atoms with E-state index in [2.05, 4.69) is 22.6 Å². The molecule has 0 unspecified atom stereocenters. The number of nitrogens with zero attached hydrogens (tertiary/aromatic N) is 2. The van der Waals surface area contributed by atoms with Gasteiger partial charge in [0.2, 0.25) is 0 Å². The van der Waals surface area contributed by atoms with Gasteiger partial charge in [-0.25, -0.2) is 0 Å². The number of amides is 1. The number of ether oxygens (including phenoxy) is 1. The number of methoxy groups -OCH3 is 1. The maximum atomic E-state index is 11.8. The van der Waals surface area contributed by atoms with Crippen LogP contribution in [0.25, 0.3) is 10.3 Å². The lowest BCUT2D eigenvalue weighted by Gasteiger charge is -2.34. The number of carbonyl (C=O) groups excluding carboxylic acids is 1. The highest BCUT2D eigenvalue weighted by molar-refractivity contribution is 7.20. The molecule has 1 fully saturated rings. The van der Waals surface area contributed by atoms with Crippen LogP contribution in [0.5, 0.6) is 5.19 Å². The van der Waals surface area contributed by atoms with Gasteiger partial charge in [-0.2, -0.15) is 4.98 Å². The molecule has 114 valence electrons. The summed E-state index contributed by atoms with van der Waals surface area (Å²) in [6.45, 7) is 4.88. The van der Waals surface area contributed by atoms with E-state index in [1.165, 1.54) is 23.4 Å². The van der Waals surface area contributed by atoms with Gasteiger partial charge in [-0.1, -0.05) is 36.5 Å². The number of rotatable bonds is 3. The molecule has 0 saturated carbocycles. The van der Waals surface area contributed by atoms with Crippen molar-refractivity contribution in [1.82, 2.24) is 9.55 Å². The van der Waals surface area contributed by atoms with Crippen LogP contribution in [-0.2, 0) is 0 Å². The van der Waals surface area contributed by atoms with Crippen LogP contribution in [0.2, 0.25) is 25.2 Å². The van der Waals surface area contributed by atoms with Crippen LogP contribution in [0.15, 0.2) is 6.07 Å². The minimum Gasteiger partial charge on any atom is -0.473 e. The molecular formula is C14H21N3O2SSi. The van der Waals surface area contributed by atoms with Crippen LogP contribution < -0.4 is 10.5 Å². The van der Waals surface area contributed by atoms with Crippen LogP contribution in [0.1, 0.15) is 29.4 Å². The number of aromatic nitrogens is 2. The van der Waals surface area contributed by atoms with Crippen molar-refractivity contribution in [2.75, 3.05) is 7.11 Å². The predicted molar refractivity (Wildman–Crippen MR) is 88.0 cm³/mol. The Balaban J connectivity index is 2.04. The summed E-state index contributed by atoms with van der Waals surface area (Å²) in [6.07, 6.45) is 2.23. The highest BCUT2D eigenvalue weighted by Gasteiger charge is 2.32. The van der Waals surface area contributed by atoms with Crippen LogP contribution in [0, 0.1) is 0 Å². The fourth-order valence-electron chi connectivity index (χ4n) is 3.17. The van der Waals surface area contributed by atoms with Gasteiger partial charge in [0.25, 0.3) is 11.1 Å². The van der Waals surface area contributed by atoms with Crippen molar-refractivity contribution in [2.24, 2.45) is 5.73 Å². The van der Waals surface area contributed by atoms with E-state index >= 15 is 0 Å². The molecule has 1 amide bonds. The van der Waals surface area contributed by atoms with Crippen LogP contribution in [0.3, 0.4) is 0 Å². The number of carbonyl (C=O) groups is 1. The molecule has 1 saturated heterocycles. The lowest BCUT2D eigenvalue weighted by molar-refractivity contribution is 0.0989. The molecule has 2 N–H and O–H groups in total. The van der Waals surface area contributed by atoms with Gasteiger partial charge in [0.05, 0.1) is 11.8 Å². The van der Waals surface area contributed by atoms with E-state index in [-0.39, 0.29) is 5.91 Å². The second kappa shape index (κ2) is 5.13. The zero-order valence-electron chi connectivity index (χ0n) is 12.7. The number of primary amides is 1. The topological polar surface area (TPSA) is 70.1 Å². The third-order valence-corrected chi connectivity index (χ3v) is 8.71. The summed E-state index contributed by atoms with van der Waals surface area (Å²) in [5.74, 6) is -0.374. The van der Waals surface area contributed by atoms with Crippen molar-refractivity contribution < 1.29 is 9.53 Å². The Morgan fingerprint density at radius 3 is 2.71 bits per heavy atom. The largest absolute Gasteiger partial charge is 0.473 e. The van der Waals surface area contributed by atoms with Crippen molar-refractivity contribution >= 4 is 35.7 Å². The molecule has 2 aromatic rings. The third-order valence-electron chi connectivity index (χ3n) is 4.47. The monoisotopic (exact) mass is 323 g/mol. The van der Waals surface area contributed by atoms with E-state index in [0.717, 1.165) is 23.2 Å². The van der Waals surface area contributed by atoms with Crippen molar-refractivity contribution in [1.29, 1.82) is 0 Å². The Hall–Kier alpha value is -1.34. The third kappa shape index (κ3) is 2.60. The molecule has 0 aromatic carbocycles. The van der Waals surface area contributed by atoms with E-state index in [0.29, 0.717) is 16.9 Å². The number of fused-ring (bicyclic) bond motifs is 1. The summed E-state index contributed by atoms with van der Waals surface area (Å²) in [7, 11) is 0.586. The minimum absolute atomic E-state index is 0.331. The van der Waals surface area contributed by atoms with E-state index < -0.39 is 8.07 Å². The SMILES string of the molecule is COc1nc2c(cc(C(N)=O)n2C2CC[Si](C)(C)CC2)s1. The zero-order chi connectivity index (χ0) is 15.2. The van der Waals surface area contributed by atoms with Gasteiger partial charge in [0, 0.05) is 14.1 Å². The average Bonchev–Trinajstić information content (AvgIpc) is 2.96. The van der Waals surface area contributed by atoms with Crippen molar-refractivity contribution in [2.45, 2.75) is 44.1 Å². The fourth-order valence-corrected chi connectivity index (χ4v) is 6.46. The summed E-state index contributed by atoms with van der Waals surface area (Å²) in [6, 6.07) is 4.76. The summed E-state index contributed by atoms with van der Waals surface area (Å²) < 4.78 is 8.25. The molecule has 0 radical (unpaired) electrons. The van der Waals surface area contributed by atoms with Gasteiger partial charge in [0.1, 0.15) is 5.69 Å². The van der Waals surface area contributed by atoms with Crippen molar-refractivity contribution in [3.05, 3.63) is 11.8 Å². The van der Waals surface area contributed by atoms with Gasteiger partial charge in [-0.3, -0.25) is 4.79 Å². The lowest BCUT2D eigenvalue weighted by Crippen LogP contribution is -2.33. The molecule has 21 heavy (non-hydrogen) atoms. The zero-order valence-corrected chi connectivity index (χ0v) is 14.5. The minimum atomic E-state index is -1.03. The molecule has 0 atom stereocenters. The molecule has 0 bridgehead atoms. The smallest absolute Gasteiger partial charge is 0.275 e. The summed E-state index contributed by atoms with van der Waals surface area (Å²) >= 11 is 1.46. The van der Waals surface area contributed by atoms with E-state index in [1.54, 1.807) is 7.11 Å². The molecule has 3 rings (SSSR count). The Kier molecular flexibility index (Phi) is 3.57. The average molecular weight is 323 g/mol. The highest BCUT2D eigenvalue weighted by Crippen LogP contribution is 2.40. The Morgan fingerprint density at radius 1 is 1.48 bits per heavy atom. The van der Waals surface area contributed by atoms with Crippen LogP contribution in [0.4, 0.5) is 0 Å². The second-order valence-corrected chi connectivity index (χ2v) is 12.9. The first-order chi connectivity index (χ1) is 9.91. The lowest BCUT2D eigenvalue weighted by atomic mass is 10.1. The molecule has 5 nitrogen and oxygen atoms in total. The number of thiazole rings is 1. The van der Waals surface area contributed by atoms with E-state index in [1.807, 2.05) is 6.07 Å². The van der Waals surface area contributed by atoms with Crippen LogP contribution in [-0.4, -0.2) is 30.6 Å². The number of hydrogen-bond acceptors (Lipinski definition) is 4. The molecule has 7 heteroatoms. The maximum absolute atomic E-state index is 11.8. The second-order valence-electron chi connectivity index (χ2n) is 6.53. The Bertz CT molecular complexity index is 682. The van der Waals surface area contributed by atoms with Crippen molar-refractivity contribution in [3.63, 3.8) is 0 Å². The Morgan fingerprint density at radius 2 is 2.14 bits per heavy atom. The van der Waals surface area contributed by atoms with Crippen LogP contribution >= 0.6 is 11.3 Å². The first-order valence-electron chi connectivity index (χ1n) is 7.27. The standard InChI is InChI=1S/C14H21N3O2SSi/c1-19-14-16-13-11(20-14)8-10(12(15)18)17(13)9-4-6-21(2,3)7-5-9/h8-9H,4-7H2,1-3H3,(H2,15,18). The van der Waals surface area contributed by atoms with Gasteiger partial charge in [-0.05, 0) is 18.9 Å². The molecule has 2 aromatic heterocycles. The van der Waals surface area contributed by atoms with Gasteiger partial charge in [0.15, 0.2) is 5.65 Å². The normalized spacial score (nSPS) is 19.0. The molecule has 0 aliphatic carbocycles. The first-order valence-corrected chi connectivity index (χ1v) is 11.5. The molecule has 1 aliphatic rings. The summed E-state index contributed by atoms with van der Waals surface area (Å²) in [4.78, 5) is 16.3. The number of hydrogen-bond donors (Lipinski definition) is 1. The van der Waals surface area contributed by atoms with Gasteiger partial charge < -0.3 is 15.0 Å². The molecular weight excluding hydrogens is 302 g/mol. The van der Waals surface area contributed by atoms with E-state index in [4.69, 9.17) is 10.5 Å². The van der Waals surface area contributed by atoms with Gasteiger partial charge in [-0.15, -0.1) is 0 Å². The van der Waals surface area contributed by atoms with Crippen molar-refractivity contribution in [3.8, 4) is 5.19 Å². The maximum Gasteiger partial charge on any atom is 0.275 e. The first kappa shape index (κ1) is 14.6. The Labute approximate surface area is 129 Å². The fraction of sp³-hybridized carbons (Fsp3) is 0.571. The molecule has 1 aliphatic heterocycles. The summed E-state index contributed by atoms with van der Waals surface area (Å²) in [5.41, 5.74) is 6.99.